The topological polar surface area (TPSA) is 94.2 Å². The highest BCUT2D eigenvalue weighted by Gasteiger charge is 2.31. The highest BCUT2D eigenvalue weighted by atomic mass is 16.7. The van der Waals surface area contributed by atoms with Gasteiger partial charge in [0.2, 0.25) is 5.91 Å². The van der Waals surface area contributed by atoms with E-state index in [9.17, 15) is 14.4 Å². The molecule has 8 nitrogen and oxygen atoms in total. The largest absolute Gasteiger partial charge is 0.458 e. The molecule has 0 rings (SSSR count). The fourth-order valence-corrected chi connectivity index (χ4v) is 1.42. The van der Waals surface area contributed by atoms with Gasteiger partial charge in [-0.3, -0.25) is 9.63 Å². The minimum Gasteiger partial charge on any atom is -0.458 e. The number of hydroxylamine groups is 2. The van der Waals surface area contributed by atoms with Gasteiger partial charge in [0.05, 0.1) is 13.5 Å². The van der Waals surface area contributed by atoms with Crippen molar-refractivity contribution < 1.29 is 28.7 Å². The first-order chi connectivity index (χ1) is 10.2. The third kappa shape index (κ3) is 9.72. The molecule has 0 saturated heterocycles. The van der Waals surface area contributed by atoms with Crippen molar-refractivity contribution in [2.75, 3.05) is 14.2 Å². The van der Waals surface area contributed by atoms with Crippen LogP contribution in [0.1, 0.15) is 48.0 Å². The average molecular weight is 332 g/mol. The van der Waals surface area contributed by atoms with Crippen molar-refractivity contribution in [3.05, 3.63) is 0 Å². The lowest BCUT2D eigenvalue weighted by Gasteiger charge is -2.26. The molecular weight excluding hydrogens is 304 g/mol. The molecule has 0 heterocycles. The van der Waals surface area contributed by atoms with E-state index >= 15 is 0 Å². The summed E-state index contributed by atoms with van der Waals surface area (Å²) >= 11 is 0. The Balaban J connectivity index is 5.03. The van der Waals surface area contributed by atoms with Crippen LogP contribution in [0.2, 0.25) is 0 Å². The van der Waals surface area contributed by atoms with Crippen molar-refractivity contribution in [1.29, 1.82) is 0 Å². The van der Waals surface area contributed by atoms with E-state index in [4.69, 9.17) is 14.3 Å². The minimum absolute atomic E-state index is 0.307. The molecular formula is C15H28N2O6. The number of esters is 1. The molecule has 0 radical (unpaired) electrons. The summed E-state index contributed by atoms with van der Waals surface area (Å²) in [5.74, 6) is -1.21. The summed E-state index contributed by atoms with van der Waals surface area (Å²) in [6.45, 7) is 10.2. The number of hydrogen-bond donors (Lipinski definition) is 1. The van der Waals surface area contributed by atoms with Crippen molar-refractivity contribution >= 4 is 18.0 Å². The van der Waals surface area contributed by atoms with Crippen molar-refractivity contribution in [2.24, 2.45) is 0 Å². The number of amides is 2. The standard InChI is InChI=1S/C15H28N2O6/c1-14(2,3)22-12(19)10(9-11(18)17(7)21-8)16-13(20)23-15(4,5)6/h10H,9H2,1-8H3,(H,16,20). The van der Waals surface area contributed by atoms with Gasteiger partial charge in [-0.05, 0) is 41.5 Å². The third-order valence-corrected chi connectivity index (χ3v) is 2.39. The summed E-state index contributed by atoms with van der Waals surface area (Å²) < 4.78 is 10.3. The molecule has 0 aromatic rings. The second kappa shape index (κ2) is 8.14. The van der Waals surface area contributed by atoms with Crippen molar-refractivity contribution in [3.8, 4) is 0 Å². The van der Waals surface area contributed by atoms with Gasteiger partial charge in [0, 0.05) is 7.05 Å². The Morgan fingerprint density at radius 2 is 1.48 bits per heavy atom. The molecule has 0 aromatic heterocycles. The molecule has 23 heavy (non-hydrogen) atoms. The van der Waals surface area contributed by atoms with E-state index < -0.39 is 35.2 Å². The van der Waals surface area contributed by atoms with Gasteiger partial charge in [-0.15, -0.1) is 0 Å². The van der Waals surface area contributed by atoms with Crippen LogP contribution in [0.4, 0.5) is 4.79 Å². The van der Waals surface area contributed by atoms with Crippen molar-refractivity contribution in [3.63, 3.8) is 0 Å². The highest BCUT2D eigenvalue weighted by Crippen LogP contribution is 2.12. The molecule has 0 saturated carbocycles. The molecule has 0 aliphatic rings. The number of alkyl carbamates (subject to hydrolysis) is 1. The normalized spacial score (nSPS) is 13.0. The van der Waals surface area contributed by atoms with Crippen LogP contribution in [0.3, 0.4) is 0 Å². The van der Waals surface area contributed by atoms with Crippen LogP contribution in [0.5, 0.6) is 0 Å². The minimum atomic E-state index is -1.17. The van der Waals surface area contributed by atoms with E-state index in [-0.39, 0.29) is 6.42 Å². The van der Waals surface area contributed by atoms with Gasteiger partial charge in [0.15, 0.2) is 0 Å². The number of carbonyl (C=O) groups excluding carboxylic acids is 3. The van der Waals surface area contributed by atoms with Crippen molar-refractivity contribution in [1.82, 2.24) is 10.4 Å². The molecule has 0 aromatic carbocycles. The third-order valence-electron chi connectivity index (χ3n) is 2.39. The number of carbonyl (C=O) groups is 3. The number of nitrogens with one attached hydrogen (secondary N) is 1. The SMILES string of the molecule is CON(C)C(=O)CC(NC(=O)OC(C)(C)C)C(=O)OC(C)(C)C. The Morgan fingerprint density at radius 1 is 1.00 bits per heavy atom. The predicted octanol–water partition coefficient (Wildman–Crippen LogP) is 1.63. The fraction of sp³-hybridized carbons (Fsp3) is 0.800. The Kier molecular flexibility index (Phi) is 7.50. The summed E-state index contributed by atoms with van der Waals surface area (Å²) in [5.41, 5.74) is -1.48. The maximum Gasteiger partial charge on any atom is 0.408 e. The number of hydrogen-bond acceptors (Lipinski definition) is 6. The number of ether oxygens (including phenoxy) is 2. The number of rotatable bonds is 5. The van der Waals surface area contributed by atoms with E-state index in [0.717, 1.165) is 5.06 Å². The summed E-state index contributed by atoms with van der Waals surface area (Å²) in [6, 6.07) is -1.17. The summed E-state index contributed by atoms with van der Waals surface area (Å²) in [6.07, 6.45) is -1.11. The lowest BCUT2D eigenvalue weighted by molar-refractivity contribution is -0.172. The van der Waals surface area contributed by atoms with Crippen LogP contribution in [0, 0.1) is 0 Å². The zero-order valence-corrected chi connectivity index (χ0v) is 15.2. The van der Waals surface area contributed by atoms with Crippen molar-refractivity contribution in [2.45, 2.75) is 65.2 Å². The molecule has 0 aliphatic heterocycles. The van der Waals surface area contributed by atoms with Gasteiger partial charge < -0.3 is 14.8 Å². The van der Waals surface area contributed by atoms with Gasteiger partial charge >= 0.3 is 12.1 Å². The van der Waals surface area contributed by atoms with Gasteiger partial charge in [-0.1, -0.05) is 0 Å². The molecule has 1 N–H and O–H groups in total. The van der Waals surface area contributed by atoms with Gasteiger partial charge in [0.1, 0.15) is 17.2 Å². The van der Waals surface area contributed by atoms with E-state index in [0.29, 0.717) is 0 Å². The molecule has 8 heteroatoms. The van der Waals surface area contributed by atoms with Gasteiger partial charge in [0.25, 0.3) is 0 Å². The zero-order chi connectivity index (χ0) is 18.4. The number of nitrogens with zero attached hydrogens (tertiary/aromatic N) is 1. The van der Waals surface area contributed by atoms with E-state index in [1.54, 1.807) is 41.5 Å². The molecule has 2 amide bonds. The first kappa shape index (κ1) is 21.2. The first-order valence-electron chi connectivity index (χ1n) is 7.28. The van der Waals surface area contributed by atoms with Crippen LogP contribution >= 0.6 is 0 Å². The van der Waals surface area contributed by atoms with E-state index in [1.807, 2.05) is 0 Å². The molecule has 0 aliphatic carbocycles. The smallest absolute Gasteiger partial charge is 0.408 e. The average Bonchev–Trinajstić information content (AvgIpc) is 2.32. The Bertz CT molecular complexity index is 436. The zero-order valence-electron chi connectivity index (χ0n) is 15.2. The Morgan fingerprint density at radius 3 is 1.87 bits per heavy atom. The van der Waals surface area contributed by atoms with Crippen LogP contribution in [-0.2, 0) is 23.9 Å². The summed E-state index contributed by atoms with van der Waals surface area (Å²) in [5, 5.41) is 3.33. The van der Waals surface area contributed by atoms with Crippen LogP contribution in [-0.4, -0.2) is 54.4 Å². The lowest BCUT2D eigenvalue weighted by atomic mass is 10.1. The van der Waals surface area contributed by atoms with Crippen LogP contribution < -0.4 is 5.32 Å². The Hall–Kier alpha value is -1.83. The van der Waals surface area contributed by atoms with E-state index in [2.05, 4.69) is 5.32 Å². The van der Waals surface area contributed by atoms with E-state index in [1.165, 1.54) is 14.2 Å². The highest BCUT2D eigenvalue weighted by molar-refractivity contribution is 5.87. The maximum atomic E-state index is 12.2. The predicted molar refractivity (Wildman–Crippen MR) is 83.4 cm³/mol. The van der Waals surface area contributed by atoms with Crippen LogP contribution in [0.25, 0.3) is 0 Å². The molecule has 1 unspecified atom stereocenters. The molecule has 0 bridgehead atoms. The van der Waals surface area contributed by atoms with Gasteiger partial charge in [-0.25, -0.2) is 14.7 Å². The lowest BCUT2D eigenvalue weighted by Crippen LogP contribution is -2.48. The first-order valence-corrected chi connectivity index (χ1v) is 7.28. The molecule has 0 fully saturated rings. The Labute approximate surface area is 137 Å². The summed E-state index contributed by atoms with van der Waals surface area (Å²) in [7, 11) is 2.73. The van der Waals surface area contributed by atoms with Gasteiger partial charge in [-0.2, -0.15) is 0 Å². The van der Waals surface area contributed by atoms with Crippen LogP contribution in [0.15, 0.2) is 0 Å². The quantitative estimate of drug-likeness (QED) is 0.607. The monoisotopic (exact) mass is 332 g/mol. The maximum absolute atomic E-state index is 12.2. The molecule has 1 atom stereocenters. The molecule has 134 valence electrons. The fourth-order valence-electron chi connectivity index (χ4n) is 1.42. The summed E-state index contributed by atoms with van der Waals surface area (Å²) in [4.78, 5) is 40.8. The second-order valence-corrected chi connectivity index (χ2v) is 7.01. The second-order valence-electron chi connectivity index (χ2n) is 7.01. The molecule has 0 spiro atoms.